The van der Waals surface area contributed by atoms with Gasteiger partial charge in [0.2, 0.25) is 0 Å². The molecule has 0 unspecified atom stereocenters. The van der Waals surface area contributed by atoms with Crippen molar-refractivity contribution in [2.45, 2.75) is 26.3 Å². The summed E-state index contributed by atoms with van der Waals surface area (Å²) in [6.45, 7) is 6.27. The molecule has 16 heavy (non-hydrogen) atoms. The zero-order chi connectivity index (χ0) is 11.8. The van der Waals surface area contributed by atoms with E-state index in [1.807, 2.05) is 10.7 Å². The summed E-state index contributed by atoms with van der Waals surface area (Å²) in [5.74, 6) is -0.217. The highest BCUT2D eigenvalue weighted by atomic mass is 19.1. The molecule has 1 aromatic carbocycles. The summed E-state index contributed by atoms with van der Waals surface area (Å²) >= 11 is 0. The highest BCUT2D eigenvalue weighted by Gasteiger charge is 2.17. The number of rotatable bonds is 1. The minimum Gasteiger partial charge on any atom is -0.260 e. The van der Waals surface area contributed by atoms with Gasteiger partial charge in [-0.3, -0.25) is 4.68 Å². The van der Waals surface area contributed by atoms with E-state index in [9.17, 15) is 4.39 Å². The molecule has 0 aliphatic carbocycles. The summed E-state index contributed by atoms with van der Waals surface area (Å²) in [6, 6.07) is 8.42. The third kappa shape index (κ3) is 1.98. The fourth-order valence-electron chi connectivity index (χ4n) is 1.68. The third-order valence-electron chi connectivity index (χ3n) is 2.42. The maximum Gasteiger partial charge on any atom is 0.123 e. The Bertz CT molecular complexity index is 477. The molecule has 0 atom stereocenters. The standard InChI is InChI=1S/C13H15FN2/c1-13(2,3)16-12(8-9-15-16)10-4-6-11(14)7-5-10/h4-9H,1-3H3. The van der Waals surface area contributed by atoms with Gasteiger partial charge >= 0.3 is 0 Å². The average Bonchev–Trinajstić information content (AvgIpc) is 2.66. The monoisotopic (exact) mass is 218 g/mol. The van der Waals surface area contributed by atoms with Gasteiger partial charge in [-0.2, -0.15) is 5.10 Å². The molecule has 3 heteroatoms. The second-order valence-electron chi connectivity index (χ2n) is 4.81. The lowest BCUT2D eigenvalue weighted by atomic mass is 10.1. The third-order valence-corrected chi connectivity index (χ3v) is 2.42. The van der Waals surface area contributed by atoms with Crippen LogP contribution in [0.15, 0.2) is 36.5 Å². The van der Waals surface area contributed by atoms with E-state index in [2.05, 4.69) is 25.9 Å². The molecule has 1 heterocycles. The number of hydrogen-bond donors (Lipinski definition) is 0. The van der Waals surface area contributed by atoms with Crippen molar-refractivity contribution in [3.63, 3.8) is 0 Å². The Morgan fingerprint density at radius 3 is 2.25 bits per heavy atom. The molecular formula is C13H15FN2. The minimum absolute atomic E-state index is 0.0762. The summed E-state index contributed by atoms with van der Waals surface area (Å²) in [5.41, 5.74) is 1.91. The molecule has 0 aliphatic rings. The molecule has 0 spiro atoms. The zero-order valence-electron chi connectivity index (χ0n) is 9.74. The molecule has 0 aliphatic heterocycles. The first-order chi connectivity index (χ1) is 7.48. The van der Waals surface area contributed by atoms with Gasteiger partial charge in [0.15, 0.2) is 0 Å². The number of benzene rings is 1. The van der Waals surface area contributed by atoms with Gasteiger partial charge in [-0.25, -0.2) is 4.39 Å². The average molecular weight is 218 g/mol. The van der Waals surface area contributed by atoms with E-state index in [1.54, 1.807) is 18.3 Å². The van der Waals surface area contributed by atoms with Crippen LogP contribution in [0.5, 0.6) is 0 Å². The largest absolute Gasteiger partial charge is 0.260 e. The summed E-state index contributed by atoms with van der Waals surface area (Å²) in [4.78, 5) is 0. The predicted octanol–water partition coefficient (Wildman–Crippen LogP) is 3.44. The molecule has 0 amide bonds. The van der Waals surface area contributed by atoms with Gasteiger partial charge in [0, 0.05) is 11.8 Å². The fraction of sp³-hybridized carbons (Fsp3) is 0.308. The second kappa shape index (κ2) is 3.74. The van der Waals surface area contributed by atoms with Gasteiger partial charge in [-0.15, -0.1) is 0 Å². The zero-order valence-corrected chi connectivity index (χ0v) is 9.74. The first-order valence-corrected chi connectivity index (χ1v) is 5.29. The summed E-state index contributed by atoms with van der Waals surface area (Å²) in [7, 11) is 0. The molecule has 84 valence electrons. The van der Waals surface area contributed by atoms with Crippen molar-refractivity contribution >= 4 is 0 Å². The van der Waals surface area contributed by atoms with Crippen molar-refractivity contribution in [1.82, 2.24) is 9.78 Å². The van der Waals surface area contributed by atoms with Gasteiger partial charge in [-0.1, -0.05) is 0 Å². The fourth-order valence-corrected chi connectivity index (χ4v) is 1.68. The quantitative estimate of drug-likeness (QED) is 0.717. The maximum absolute atomic E-state index is 12.8. The molecular weight excluding hydrogens is 203 g/mol. The predicted molar refractivity (Wildman–Crippen MR) is 62.6 cm³/mol. The van der Waals surface area contributed by atoms with Crippen LogP contribution < -0.4 is 0 Å². The molecule has 2 aromatic rings. The summed E-state index contributed by atoms with van der Waals surface area (Å²) < 4.78 is 14.8. The van der Waals surface area contributed by atoms with Crippen LogP contribution in [0.4, 0.5) is 4.39 Å². The van der Waals surface area contributed by atoms with E-state index in [0.717, 1.165) is 11.3 Å². The van der Waals surface area contributed by atoms with Gasteiger partial charge < -0.3 is 0 Å². The Morgan fingerprint density at radius 1 is 1.06 bits per heavy atom. The lowest BCUT2D eigenvalue weighted by molar-refractivity contribution is 0.360. The van der Waals surface area contributed by atoms with Gasteiger partial charge in [0.05, 0.1) is 11.2 Å². The molecule has 2 rings (SSSR count). The normalized spacial score (nSPS) is 11.8. The Hall–Kier alpha value is -1.64. The van der Waals surface area contributed by atoms with E-state index >= 15 is 0 Å². The summed E-state index contributed by atoms with van der Waals surface area (Å²) in [6.07, 6.45) is 1.77. The van der Waals surface area contributed by atoms with E-state index in [0.29, 0.717) is 0 Å². The van der Waals surface area contributed by atoms with Crippen LogP contribution in [-0.2, 0) is 5.54 Å². The van der Waals surface area contributed by atoms with Crippen LogP contribution in [0.1, 0.15) is 20.8 Å². The Labute approximate surface area is 94.7 Å². The van der Waals surface area contributed by atoms with Gasteiger partial charge in [0.1, 0.15) is 5.82 Å². The van der Waals surface area contributed by atoms with Crippen LogP contribution in [0.2, 0.25) is 0 Å². The SMILES string of the molecule is CC(C)(C)n1nccc1-c1ccc(F)cc1. The first kappa shape index (κ1) is 10.9. The van der Waals surface area contributed by atoms with Crippen molar-refractivity contribution in [2.24, 2.45) is 0 Å². The molecule has 0 radical (unpaired) electrons. The number of aromatic nitrogens is 2. The summed E-state index contributed by atoms with van der Waals surface area (Å²) in [5, 5.41) is 4.31. The van der Waals surface area contributed by atoms with E-state index < -0.39 is 0 Å². The van der Waals surface area contributed by atoms with Crippen LogP contribution in [0.3, 0.4) is 0 Å². The maximum atomic E-state index is 12.8. The molecule has 2 nitrogen and oxygen atoms in total. The van der Waals surface area contributed by atoms with Crippen LogP contribution in [0, 0.1) is 5.82 Å². The van der Waals surface area contributed by atoms with Crippen molar-refractivity contribution < 1.29 is 4.39 Å². The highest BCUT2D eigenvalue weighted by molar-refractivity contribution is 5.59. The van der Waals surface area contributed by atoms with E-state index in [-0.39, 0.29) is 11.4 Å². The topological polar surface area (TPSA) is 17.8 Å². The van der Waals surface area contributed by atoms with Crippen LogP contribution in [-0.4, -0.2) is 9.78 Å². The lowest BCUT2D eigenvalue weighted by Crippen LogP contribution is -2.23. The number of hydrogen-bond acceptors (Lipinski definition) is 1. The van der Waals surface area contributed by atoms with Crippen molar-refractivity contribution in [3.05, 3.63) is 42.3 Å². The lowest BCUT2D eigenvalue weighted by Gasteiger charge is -2.22. The van der Waals surface area contributed by atoms with Gasteiger partial charge in [0.25, 0.3) is 0 Å². The molecule has 0 saturated heterocycles. The van der Waals surface area contributed by atoms with Crippen molar-refractivity contribution in [3.8, 4) is 11.3 Å². The second-order valence-corrected chi connectivity index (χ2v) is 4.81. The van der Waals surface area contributed by atoms with Crippen LogP contribution in [0.25, 0.3) is 11.3 Å². The molecule has 0 N–H and O–H groups in total. The number of nitrogens with zero attached hydrogens (tertiary/aromatic N) is 2. The molecule has 1 aromatic heterocycles. The van der Waals surface area contributed by atoms with E-state index in [4.69, 9.17) is 0 Å². The Kier molecular flexibility index (Phi) is 2.54. The Morgan fingerprint density at radius 2 is 1.69 bits per heavy atom. The van der Waals surface area contributed by atoms with E-state index in [1.165, 1.54) is 12.1 Å². The minimum atomic E-state index is -0.217. The molecule has 0 saturated carbocycles. The smallest absolute Gasteiger partial charge is 0.123 e. The molecule has 0 fully saturated rings. The van der Waals surface area contributed by atoms with Crippen molar-refractivity contribution in [1.29, 1.82) is 0 Å². The van der Waals surface area contributed by atoms with Gasteiger partial charge in [-0.05, 0) is 51.1 Å². The Balaban J connectivity index is 2.49. The first-order valence-electron chi connectivity index (χ1n) is 5.29. The highest BCUT2D eigenvalue weighted by Crippen LogP contribution is 2.24. The number of halogens is 1. The van der Waals surface area contributed by atoms with Crippen molar-refractivity contribution in [2.75, 3.05) is 0 Å². The van der Waals surface area contributed by atoms with Crippen LogP contribution >= 0.6 is 0 Å². The molecule has 0 bridgehead atoms.